The number of rotatable bonds is 10. The largest absolute Gasteiger partial charge is 0.384 e. The Kier molecular flexibility index (Phi) is 6.39. The van der Waals surface area contributed by atoms with Gasteiger partial charge in [-0.2, -0.15) is 11.3 Å². The number of amides is 2. The van der Waals surface area contributed by atoms with Crippen molar-refractivity contribution in [3.63, 3.8) is 0 Å². The molecule has 1 aromatic carbocycles. The molecular weight excluding hydrogens is 388 g/mol. The van der Waals surface area contributed by atoms with E-state index < -0.39 is 17.9 Å². The quantitative estimate of drug-likeness (QED) is 0.481. The second kappa shape index (κ2) is 8.96. The van der Waals surface area contributed by atoms with Crippen molar-refractivity contribution < 1.29 is 19.2 Å². The molecule has 150 valence electrons. The number of Topliss-reactive ketones (excluding diaryl/α,β-unsaturated/α-hetero) is 1. The lowest BCUT2D eigenvalue weighted by Gasteiger charge is -2.23. The van der Waals surface area contributed by atoms with Gasteiger partial charge in [-0.15, -0.1) is 0 Å². The monoisotopic (exact) mass is 410 g/mol. The van der Waals surface area contributed by atoms with Gasteiger partial charge >= 0.3 is 0 Å². The third kappa shape index (κ3) is 4.35. The number of carbonyl (C=O) groups excluding carboxylic acids is 4. The summed E-state index contributed by atoms with van der Waals surface area (Å²) in [5.74, 6) is -1.29. The molecule has 3 rings (SSSR count). The highest BCUT2D eigenvalue weighted by Crippen LogP contribution is 2.29. The highest BCUT2D eigenvalue weighted by Gasteiger charge is 2.42. The summed E-state index contributed by atoms with van der Waals surface area (Å²) < 4.78 is 0. The molecule has 6 nitrogen and oxygen atoms in total. The zero-order valence-corrected chi connectivity index (χ0v) is 17.0. The summed E-state index contributed by atoms with van der Waals surface area (Å²) in [5, 5.41) is 7.27. The molecule has 1 N–H and O–H groups in total. The van der Waals surface area contributed by atoms with Gasteiger partial charge in [0.2, 0.25) is 0 Å². The molecule has 0 bridgehead atoms. The number of hydrogen-bond acceptors (Lipinski definition) is 6. The minimum Gasteiger partial charge on any atom is -0.384 e. The summed E-state index contributed by atoms with van der Waals surface area (Å²) >= 11 is 1.62. The maximum absolute atomic E-state index is 13.1. The second-order valence-electron chi connectivity index (χ2n) is 6.96. The maximum Gasteiger partial charge on any atom is 0.262 e. The zero-order valence-electron chi connectivity index (χ0n) is 16.1. The summed E-state index contributed by atoms with van der Waals surface area (Å²) in [6.45, 7) is 5.70. The van der Waals surface area contributed by atoms with Crippen LogP contribution in [0.25, 0.3) is 0 Å². The van der Waals surface area contributed by atoms with Gasteiger partial charge in [-0.25, -0.2) is 0 Å². The van der Waals surface area contributed by atoms with Crippen LogP contribution in [0.2, 0.25) is 0 Å². The average Bonchev–Trinajstić information content (AvgIpc) is 3.28. The fraction of sp³-hybridized carbons (Fsp3) is 0.273. The van der Waals surface area contributed by atoms with Crippen LogP contribution in [0.4, 0.5) is 0 Å². The number of benzene rings is 1. The van der Waals surface area contributed by atoms with Crippen LogP contribution < -0.4 is 5.32 Å². The number of thiophene rings is 1. The van der Waals surface area contributed by atoms with E-state index in [0.29, 0.717) is 30.4 Å². The summed E-state index contributed by atoms with van der Waals surface area (Å²) in [6, 6.07) is 6.20. The highest BCUT2D eigenvalue weighted by atomic mass is 32.1. The highest BCUT2D eigenvalue weighted by molar-refractivity contribution is 7.07. The van der Waals surface area contributed by atoms with Crippen LogP contribution in [0, 0.1) is 0 Å². The van der Waals surface area contributed by atoms with Gasteiger partial charge in [-0.1, -0.05) is 18.7 Å². The zero-order chi connectivity index (χ0) is 21.0. The Morgan fingerprint density at radius 1 is 1.28 bits per heavy atom. The molecule has 0 fully saturated rings. The van der Waals surface area contributed by atoms with Crippen LogP contribution in [0.3, 0.4) is 0 Å². The van der Waals surface area contributed by atoms with E-state index in [2.05, 4.69) is 11.9 Å². The van der Waals surface area contributed by atoms with E-state index in [-0.39, 0.29) is 24.2 Å². The van der Waals surface area contributed by atoms with Gasteiger partial charge in [-0.05, 0) is 47.4 Å². The van der Waals surface area contributed by atoms with E-state index in [1.54, 1.807) is 29.5 Å². The number of fused-ring (bicyclic) bond motifs is 1. The molecule has 7 heteroatoms. The fourth-order valence-corrected chi connectivity index (χ4v) is 4.13. The summed E-state index contributed by atoms with van der Waals surface area (Å²) in [4.78, 5) is 49.7. The number of imide groups is 1. The van der Waals surface area contributed by atoms with Crippen molar-refractivity contribution in [2.24, 2.45) is 0 Å². The Bertz CT molecular complexity index is 965. The van der Waals surface area contributed by atoms with Gasteiger partial charge in [0.15, 0.2) is 5.78 Å². The molecule has 1 unspecified atom stereocenters. The molecule has 0 saturated heterocycles. The van der Waals surface area contributed by atoms with Crippen molar-refractivity contribution >= 4 is 35.2 Å². The first-order valence-electron chi connectivity index (χ1n) is 9.30. The standard InChI is InChI=1S/C22H22N2O4S/c1-14(11-16-8-10-29-13-16)23-12-17-5-3-6-18-20(17)22(28)24(21(18)27)19(15(2)26)7-4-9-25/h3,5-6,8-10,13,19,23H,1,4,7,11-12H2,2H3. The molecule has 1 atom stereocenters. The maximum atomic E-state index is 13.1. The molecule has 0 spiro atoms. The third-order valence-electron chi connectivity index (χ3n) is 4.90. The van der Waals surface area contributed by atoms with Crippen LogP contribution in [0.15, 0.2) is 47.3 Å². The van der Waals surface area contributed by atoms with E-state index >= 15 is 0 Å². The molecule has 0 aliphatic carbocycles. The molecule has 1 aromatic heterocycles. The average molecular weight is 410 g/mol. The van der Waals surface area contributed by atoms with E-state index in [1.807, 2.05) is 16.8 Å². The van der Waals surface area contributed by atoms with Crippen LogP contribution >= 0.6 is 11.3 Å². The van der Waals surface area contributed by atoms with Crippen molar-refractivity contribution in [2.75, 3.05) is 0 Å². The number of ketones is 1. The van der Waals surface area contributed by atoms with Gasteiger partial charge in [0.25, 0.3) is 11.8 Å². The van der Waals surface area contributed by atoms with E-state index in [0.717, 1.165) is 16.2 Å². The van der Waals surface area contributed by atoms with Crippen LogP contribution in [0.5, 0.6) is 0 Å². The Morgan fingerprint density at radius 3 is 2.72 bits per heavy atom. The Labute approximate surface area is 173 Å². The van der Waals surface area contributed by atoms with Crippen molar-refractivity contribution in [1.82, 2.24) is 10.2 Å². The van der Waals surface area contributed by atoms with Crippen molar-refractivity contribution in [3.05, 3.63) is 69.6 Å². The van der Waals surface area contributed by atoms with Gasteiger partial charge in [0.05, 0.1) is 17.2 Å². The van der Waals surface area contributed by atoms with Crippen LogP contribution in [0.1, 0.15) is 51.6 Å². The number of aldehydes is 1. The van der Waals surface area contributed by atoms with Crippen molar-refractivity contribution in [3.8, 4) is 0 Å². The second-order valence-corrected chi connectivity index (χ2v) is 7.74. The van der Waals surface area contributed by atoms with Crippen LogP contribution in [-0.2, 0) is 22.6 Å². The van der Waals surface area contributed by atoms with Crippen molar-refractivity contribution in [2.45, 2.75) is 38.8 Å². The number of nitrogens with one attached hydrogen (secondary N) is 1. The lowest BCUT2D eigenvalue weighted by molar-refractivity contribution is -0.121. The Balaban J connectivity index is 1.79. The first-order valence-corrected chi connectivity index (χ1v) is 10.2. The van der Waals surface area contributed by atoms with Gasteiger partial charge in [0, 0.05) is 25.1 Å². The fourth-order valence-electron chi connectivity index (χ4n) is 3.47. The topological polar surface area (TPSA) is 83.6 Å². The van der Waals surface area contributed by atoms with E-state index in [4.69, 9.17) is 0 Å². The molecule has 1 aliphatic rings. The molecule has 0 radical (unpaired) electrons. The lowest BCUT2D eigenvalue weighted by Crippen LogP contribution is -2.44. The van der Waals surface area contributed by atoms with E-state index in [1.165, 1.54) is 6.92 Å². The predicted octanol–water partition coefficient (Wildman–Crippen LogP) is 3.13. The molecule has 0 saturated carbocycles. The van der Waals surface area contributed by atoms with Gasteiger partial charge in [0.1, 0.15) is 6.29 Å². The number of nitrogens with zero attached hydrogens (tertiary/aromatic N) is 1. The van der Waals surface area contributed by atoms with Crippen LogP contribution in [-0.4, -0.2) is 34.8 Å². The number of carbonyl (C=O) groups is 4. The molecule has 1 aliphatic heterocycles. The summed E-state index contributed by atoms with van der Waals surface area (Å²) in [7, 11) is 0. The number of allylic oxidation sites excluding steroid dienone is 1. The van der Waals surface area contributed by atoms with E-state index in [9.17, 15) is 19.2 Å². The molecule has 2 heterocycles. The first kappa shape index (κ1) is 20.7. The third-order valence-corrected chi connectivity index (χ3v) is 5.63. The predicted molar refractivity (Wildman–Crippen MR) is 111 cm³/mol. The Hall–Kier alpha value is -3.06. The Morgan fingerprint density at radius 2 is 2.07 bits per heavy atom. The number of hydrogen-bond donors (Lipinski definition) is 1. The molecule has 2 amide bonds. The molecule has 2 aromatic rings. The molecular formula is C22H22N2O4S. The minimum absolute atomic E-state index is 0.106. The summed E-state index contributed by atoms with van der Waals surface area (Å²) in [6.07, 6.45) is 1.60. The first-order chi connectivity index (χ1) is 13.9. The normalized spacial score (nSPS) is 13.9. The van der Waals surface area contributed by atoms with Gasteiger partial charge < -0.3 is 10.1 Å². The van der Waals surface area contributed by atoms with Gasteiger partial charge in [-0.3, -0.25) is 19.3 Å². The summed E-state index contributed by atoms with van der Waals surface area (Å²) in [5.41, 5.74) is 3.23. The SMILES string of the molecule is C=C(Cc1ccsc1)NCc1cccc2c1C(=O)N(C(CCC=O)C(C)=O)C2=O. The minimum atomic E-state index is -0.929. The smallest absolute Gasteiger partial charge is 0.262 e. The molecule has 29 heavy (non-hydrogen) atoms. The lowest BCUT2D eigenvalue weighted by atomic mass is 10.0. The van der Waals surface area contributed by atoms with Crippen molar-refractivity contribution in [1.29, 1.82) is 0 Å².